The molecule has 0 saturated carbocycles. The van der Waals surface area contributed by atoms with Crippen molar-refractivity contribution in [2.45, 2.75) is 24.9 Å². The maximum atomic E-state index is 12.4. The summed E-state index contributed by atoms with van der Waals surface area (Å²) in [6.45, 7) is -0.00872. The highest BCUT2D eigenvalue weighted by Gasteiger charge is 2.39. The van der Waals surface area contributed by atoms with Gasteiger partial charge < -0.3 is 5.11 Å². The van der Waals surface area contributed by atoms with Gasteiger partial charge in [0.15, 0.2) is 0 Å². The average Bonchev–Trinajstić information content (AvgIpc) is 2.54. The summed E-state index contributed by atoms with van der Waals surface area (Å²) in [5, 5.41) is 8.59. The van der Waals surface area contributed by atoms with Crippen LogP contribution in [0.1, 0.15) is 9.75 Å². The molecule has 0 atom stereocenters. The van der Waals surface area contributed by atoms with Crippen LogP contribution in [0.5, 0.6) is 0 Å². The number of sulfonamides is 1. The van der Waals surface area contributed by atoms with Crippen LogP contribution in [-0.4, -0.2) is 43.1 Å². The first kappa shape index (κ1) is 16.9. The summed E-state index contributed by atoms with van der Waals surface area (Å²) >= 11 is 1.12. The standard InChI is InChI=1S/C10H12F3NO4S2/c1-6-3-8(7(2)19-6)20(17,18)14(4-9(15)16)5-10(11,12)13/h3H,4-5H2,1-2H3,(H,15,16). The Balaban J connectivity index is 3.24. The van der Waals surface area contributed by atoms with Crippen LogP contribution < -0.4 is 0 Å². The predicted molar refractivity (Wildman–Crippen MR) is 66.2 cm³/mol. The summed E-state index contributed by atoms with van der Waals surface area (Å²) in [5.41, 5.74) is 0. The van der Waals surface area contributed by atoms with E-state index >= 15 is 0 Å². The second-order valence-electron chi connectivity index (χ2n) is 4.06. The quantitative estimate of drug-likeness (QED) is 0.895. The Kier molecular flexibility index (Phi) is 4.82. The van der Waals surface area contributed by atoms with Crippen LogP contribution in [0.15, 0.2) is 11.0 Å². The zero-order valence-electron chi connectivity index (χ0n) is 10.6. The van der Waals surface area contributed by atoms with E-state index in [4.69, 9.17) is 5.11 Å². The second kappa shape index (κ2) is 5.70. The normalized spacial score (nSPS) is 12.9. The molecule has 0 unspecified atom stereocenters. The molecule has 1 heterocycles. The molecule has 1 aromatic heterocycles. The van der Waals surface area contributed by atoms with Gasteiger partial charge in [0.25, 0.3) is 0 Å². The summed E-state index contributed by atoms with van der Waals surface area (Å²) in [4.78, 5) is 11.2. The van der Waals surface area contributed by atoms with E-state index in [-0.39, 0.29) is 9.20 Å². The molecule has 0 bridgehead atoms. The molecule has 0 aromatic carbocycles. The summed E-state index contributed by atoms with van der Waals surface area (Å²) in [7, 11) is -4.50. The fourth-order valence-electron chi connectivity index (χ4n) is 1.58. The van der Waals surface area contributed by atoms with Crippen molar-refractivity contribution in [1.29, 1.82) is 0 Å². The van der Waals surface area contributed by atoms with Gasteiger partial charge in [-0.15, -0.1) is 11.3 Å². The second-order valence-corrected chi connectivity index (χ2v) is 7.43. The van der Waals surface area contributed by atoms with Crippen molar-refractivity contribution in [2.24, 2.45) is 0 Å². The number of carbonyl (C=O) groups is 1. The van der Waals surface area contributed by atoms with Crippen LogP contribution in [0.4, 0.5) is 13.2 Å². The number of carboxylic acids is 1. The number of hydrogen-bond donors (Lipinski definition) is 1. The van der Waals surface area contributed by atoms with E-state index in [0.717, 1.165) is 11.3 Å². The summed E-state index contributed by atoms with van der Waals surface area (Å²) < 4.78 is 61.5. The molecule has 0 fully saturated rings. The maximum absolute atomic E-state index is 12.4. The Morgan fingerprint density at radius 1 is 1.40 bits per heavy atom. The van der Waals surface area contributed by atoms with Gasteiger partial charge in [-0.1, -0.05) is 0 Å². The largest absolute Gasteiger partial charge is 0.480 e. The Hall–Kier alpha value is -1.13. The van der Waals surface area contributed by atoms with Crippen LogP contribution in [0.2, 0.25) is 0 Å². The van der Waals surface area contributed by atoms with Crippen LogP contribution in [-0.2, 0) is 14.8 Å². The van der Waals surface area contributed by atoms with Crippen molar-refractivity contribution in [3.05, 3.63) is 15.8 Å². The van der Waals surface area contributed by atoms with Gasteiger partial charge in [0.1, 0.15) is 13.1 Å². The number of rotatable bonds is 5. The van der Waals surface area contributed by atoms with E-state index in [2.05, 4.69) is 0 Å². The number of thiophene rings is 1. The van der Waals surface area contributed by atoms with Crippen molar-refractivity contribution < 1.29 is 31.5 Å². The molecule has 1 N–H and O–H groups in total. The van der Waals surface area contributed by atoms with E-state index in [1.54, 1.807) is 6.92 Å². The first-order valence-corrected chi connectivity index (χ1v) is 7.55. The Bertz CT molecular complexity index is 607. The molecule has 10 heteroatoms. The number of aryl methyl sites for hydroxylation is 2. The fourth-order valence-corrected chi connectivity index (χ4v) is 4.48. The van der Waals surface area contributed by atoms with Gasteiger partial charge in [0.05, 0.1) is 4.90 Å². The highest BCUT2D eigenvalue weighted by molar-refractivity contribution is 7.89. The van der Waals surface area contributed by atoms with E-state index < -0.39 is 35.3 Å². The van der Waals surface area contributed by atoms with Crippen LogP contribution in [0.25, 0.3) is 0 Å². The zero-order valence-corrected chi connectivity index (χ0v) is 12.2. The summed E-state index contributed by atoms with van der Waals surface area (Å²) in [6.07, 6.45) is -4.82. The SMILES string of the molecule is Cc1cc(S(=O)(=O)N(CC(=O)O)CC(F)(F)F)c(C)s1. The molecule has 0 aliphatic rings. The number of carboxylic acid groups (broad SMARTS) is 1. The van der Waals surface area contributed by atoms with Gasteiger partial charge in [-0.25, -0.2) is 8.42 Å². The number of halogens is 3. The van der Waals surface area contributed by atoms with Crippen LogP contribution >= 0.6 is 11.3 Å². The van der Waals surface area contributed by atoms with Crippen molar-refractivity contribution in [1.82, 2.24) is 4.31 Å². The molecule has 0 amide bonds. The van der Waals surface area contributed by atoms with Crippen LogP contribution in [0, 0.1) is 13.8 Å². The third-order valence-electron chi connectivity index (χ3n) is 2.28. The molecule has 0 aliphatic heterocycles. The first-order chi connectivity index (χ1) is 8.93. The van der Waals surface area contributed by atoms with Gasteiger partial charge in [0, 0.05) is 9.75 Å². The lowest BCUT2D eigenvalue weighted by molar-refractivity contribution is -0.146. The van der Waals surface area contributed by atoms with Crippen molar-refractivity contribution in [2.75, 3.05) is 13.1 Å². The van der Waals surface area contributed by atoms with E-state index in [1.165, 1.54) is 13.0 Å². The molecule has 0 aliphatic carbocycles. The third-order valence-corrected chi connectivity index (χ3v) is 5.29. The molecule has 0 saturated heterocycles. The van der Waals surface area contributed by atoms with Gasteiger partial charge in [0.2, 0.25) is 10.0 Å². The van der Waals surface area contributed by atoms with E-state index in [0.29, 0.717) is 9.75 Å². The molecule has 5 nitrogen and oxygen atoms in total. The molecule has 1 aromatic rings. The maximum Gasteiger partial charge on any atom is 0.402 e. The molecule has 1 rings (SSSR count). The number of hydrogen-bond acceptors (Lipinski definition) is 4. The summed E-state index contributed by atoms with van der Waals surface area (Å²) in [6, 6.07) is 1.24. The Morgan fingerprint density at radius 2 is 1.95 bits per heavy atom. The summed E-state index contributed by atoms with van der Waals surface area (Å²) in [5.74, 6) is -1.65. The Labute approximate surface area is 117 Å². The van der Waals surface area contributed by atoms with E-state index in [1.807, 2.05) is 0 Å². The van der Waals surface area contributed by atoms with Crippen molar-refractivity contribution >= 4 is 27.3 Å². The van der Waals surface area contributed by atoms with Gasteiger partial charge in [-0.05, 0) is 19.9 Å². The molecule has 20 heavy (non-hydrogen) atoms. The molecular weight excluding hydrogens is 319 g/mol. The molecular formula is C10H12F3NO4S2. The first-order valence-electron chi connectivity index (χ1n) is 5.29. The smallest absolute Gasteiger partial charge is 0.402 e. The Morgan fingerprint density at radius 3 is 2.30 bits per heavy atom. The number of nitrogens with zero attached hydrogens (tertiary/aromatic N) is 1. The topological polar surface area (TPSA) is 74.7 Å². The number of alkyl halides is 3. The monoisotopic (exact) mass is 331 g/mol. The lowest BCUT2D eigenvalue weighted by Crippen LogP contribution is -2.42. The molecule has 114 valence electrons. The molecule has 0 radical (unpaired) electrons. The van der Waals surface area contributed by atoms with E-state index in [9.17, 15) is 26.4 Å². The minimum atomic E-state index is -4.82. The van der Waals surface area contributed by atoms with Crippen molar-refractivity contribution in [3.8, 4) is 0 Å². The zero-order chi connectivity index (χ0) is 15.7. The predicted octanol–water partition coefficient (Wildman–Crippen LogP) is 2.00. The highest BCUT2D eigenvalue weighted by atomic mass is 32.2. The lowest BCUT2D eigenvalue weighted by atomic mass is 10.4. The number of aliphatic carboxylic acids is 1. The highest BCUT2D eigenvalue weighted by Crippen LogP contribution is 2.29. The van der Waals surface area contributed by atoms with Gasteiger partial charge in [-0.2, -0.15) is 17.5 Å². The van der Waals surface area contributed by atoms with Gasteiger partial charge in [-0.3, -0.25) is 4.79 Å². The van der Waals surface area contributed by atoms with Gasteiger partial charge >= 0.3 is 12.1 Å². The third kappa shape index (κ3) is 4.18. The average molecular weight is 331 g/mol. The van der Waals surface area contributed by atoms with Crippen molar-refractivity contribution in [3.63, 3.8) is 0 Å². The fraction of sp³-hybridized carbons (Fsp3) is 0.500. The minimum absolute atomic E-state index is 0.0795. The van der Waals surface area contributed by atoms with Crippen LogP contribution in [0.3, 0.4) is 0 Å². The lowest BCUT2D eigenvalue weighted by Gasteiger charge is -2.21. The molecule has 0 spiro atoms. The minimum Gasteiger partial charge on any atom is -0.480 e.